The average molecular weight is 394 g/mol. The van der Waals surface area contributed by atoms with E-state index in [0.29, 0.717) is 34.4 Å². The summed E-state index contributed by atoms with van der Waals surface area (Å²) in [7, 11) is 4.64. The maximum Gasteiger partial charge on any atom is 0.255 e. The third kappa shape index (κ3) is 3.50. The second-order valence-electron chi connectivity index (χ2n) is 7.56. The van der Waals surface area contributed by atoms with Gasteiger partial charge in [-0.3, -0.25) is 4.79 Å². The van der Waals surface area contributed by atoms with E-state index in [4.69, 9.17) is 14.2 Å². The molecule has 0 fully saturated rings. The minimum Gasteiger partial charge on any atom is -0.493 e. The van der Waals surface area contributed by atoms with Crippen LogP contribution in [0.4, 0.5) is 5.69 Å². The molecule has 2 aromatic carbocycles. The Kier molecular flexibility index (Phi) is 5.09. The number of aromatic nitrogens is 1. The van der Waals surface area contributed by atoms with Crippen molar-refractivity contribution < 1.29 is 19.0 Å². The number of methoxy groups -OCH3 is 3. The predicted octanol–water partition coefficient (Wildman–Crippen LogP) is 4.57. The first-order chi connectivity index (χ1) is 14.0. The van der Waals surface area contributed by atoms with Crippen molar-refractivity contribution in [3.8, 4) is 17.2 Å². The number of carbonyl (C=O) groups is 1. The Morgan fingerprint density at radius 3 is 2.45 bits per heavy atom. The molecule has 1 aliphatic rings. The van der Waals surface area contributed by atoms with Crippen molar-refractivity contribution in [2.75, 3.05) is 26.6 Å². The first-order valence-corrected chi connectivity index (χ1v) is 9.78. The second-order valence-corrected chi connectivity index (χ2v) is 7.56. The standard InChI is InChI=1S/C23H26N2O4/c1-13-5-7-18-16(9-13)17-10-14(6-8-19(17)25-18)23(26)24-15-11-20(27-2)22(29-4)21(12-15)28-3/h6,8,10-13,25H,5,7,9H2,1-4H3,(H,24,26). The zero-order chi connectivity index (χ0) is 20.5. The number of carbonyl (C=O) groups excluding carboxylic acids is 1. The molecule has 3 aromatic rings. The number of fused-ring (bicyclic) bond motifs is 3. The summed E-state index contributed by atoms with van der Waals surface area (Å²) in [5.41, 5.74) is 4.94. The monoisotopic (exact) mass is 394 g/mol. The van der Waals surface area contributed by atoms with Gasteiger partial charge in [0.05, 0.1) is 21.3 Å². The van der Waals surface area contributed by atoms with Crippen LogP contribution in [0.2, 0.25) is 0 Å². The number of H-pyrrole nitrogens is 1. The lowest BCUT2D eigenvalue weighted by molar-refractivity contribution is 0.102. The number of benzene rings is 2. The lowest BCUT2D eigenvalue weighted by atomic mass is 9.87. The molecule has 0 radical (unpaired) electrons. The zero-order valence-corrected chi connectivity index (χ0v) is 17.2. The van der Waals surface area contributed by atoms with E-state index in [-0.39, 0.29) is 5.91 Å². The normalized spacial score (nSPS) is 15.7. The van der Waals surface area contributed by atoms with Crippen molar-refractivity contribution >= 4 is 22.5 Å². The third-order valence-electron chi connectivity index (χ3n) is 5.62. The van der Waals surface area contributed by atoms with Crippen molar-refractivity contribution in [2.24, 2.45) is 5.92 Å². The van der Waals surface area contributed by atoms with Gasteiger partial charge in [0, 0.05) is 40.0 Å². The van der Waals surface area contributed by atoms with E-state index >= 15 is 0 Å². The summed E-state index contributed by atoms with van der Waals surface area (Å²) in [5, 5.41) is 4.08. The Bertz CT molecular complexity index is 1050. The van der Waals surface area contributed by atoms with E-state index in [1.54, 1.807) is 33.5 Å². The summed E-state index contributed by atoms with van der Waals surface area (Å²) in [4.78, 5) is 16.4. The van der Waals surface area contributed by atoms with Crippen molar-refractivity contribution in [1.29, 1.82) is 0 Å². The summed E-state index contributed by atoms with van der Waals surface area (Å²) in [6, 6.07) is 9.26. The summed E-state index contributed by atoms with van der Waals surface area (Å²) >= 11 is 0. The zero-order valence-electron chi connectivity index (χ0n) is 17.2. The van der Waals surface area contributed by atoms with Gasteiger partial charge in [0.25, 0.3) is 5.91 Å². The van der Waals surface area contributed by atoms with Crippen molar-refractivity contribution in [1.82, 2.24) is 4.98 Å². The molecule has 1 atom stereocenters. The van der Waals surface area contributed by atoms with Crippen LogP contribution in [0.3, 0.4) is 0 Å². The van der Waals surface area contributed by atoms with Crippen LogP contribution in [0.1, 0.15) is 35.0 Å². The van der Waals surface area contributed by atoms with Crippen molar-refractivity contribution in [3.63, 3.8) is 0 Å². The van der Waals surface area contributed by atoms with Gasteiger partial charge in [-0.25, -0.2) is 0 Å². The smallest absolute Gasteiger partial charge is 0.255 e. The lowest BCUT2D eigenvalue weighted by Crippen LogP contribution is -2.12. The summed E-state index contributed by atoms with van der Waals surface area (Å²) in [5.74, 6) is 1.96. The molecule has 1 aromatic heterocycles. The van der Waals surface area contributed by atoms with Gasteiger partial charge in [0.1, 0.15) is 0 Å². The molecule has 1 unspecified atom stereocenters. The largest absolute Gasteiger partial charge is 0.493 e. The molecular formula is C23H26N2O4. The van der Waals surface area contributed by atoms with E-state index < -0.39 is 0 Å². The van der Waals surface area contributed by atoms with Gasteiger partial charge in [0.15, 0.2) is 11.5 Å². The van der Waals surface area contributed by atoms with E-state index in [1.165, 1.54) is 17.7 Å². The summed E-state index contributed by atoms with van der Waals surface area (Å²) < 4.78 is 16.1. The van der Waals surface area contributed by atoms with Gasteiger partial charge in [-0.1, -0.05) is 6.92 Å². The predicted molar refractivity (Wildman–Crippen MR) is 114 cm³/mol. The lowest BCUT2D eigenvalue weighted by Gasteiger charge is -2.18. The Labute approximate surface area is 170 Å². The molecule has 1 amide bonds. The quantitative estimate of drug-likeness (QED) is 0.665. The van der Waals surface area contributed by atoms with Crippen LogP contribution < -0.4 is 19.5 Å². The van der Waals surface area contributed by atoms with Gasteiger partial charge in [0.2, 0.25) is 5.75 Å². The minimum atomic E-state index is -0.181. The molecule has 4 rings (SSSR count). The Morgan fingerprint density at radius 2 is 1.79 bits per heavy atom. The molecule has 0 bridgehead atoms. The molecule has 0 saturated heterocycles. The number of anilines is 1. The van der Waals surface area contributed by atoms with Crippen molar-refractivity contribution in [2.45, 2.75) is 26.2 Å². The maximum absolute atomic E-state index is 12.9. The first kappa shape index (κ1) is 19.2. The molecule has 6 heteroatoms. The Morgan fingerprint density at radius 1 is 1.07 bits per heavy atom. The molecule has 1 aliphatic carbocycles. The number of aryl methyl sites for hydroxylation is 1. The highest BCUT2D eigenvalue weighted by atomic mass is 16.5. The molecule has 0 spiro atoms. The van der Waals surface area contributed by atoms with Crippen LogP contribution in [0.5, 0.6) is 17.2 Å². The van der Waals surface area contributed by atoms with Crippen LogP contribution in [0.25, 0.3) is 10.9 Å². The molecule has 0 aliphatic heterocycles. The molecule has 29 heavy (non-hydrogen) atoms. The molecular weight excluding hydrogens is 368 g/mol. The highest BCUT2D eigenvalue weighted by Crippen LogP contribution is 2.40. The fraction of sp³-hybridized carbons (Fsp3) is 0.348. The Hall–Kier alpha value is -3.15. The highest BCUT2D eigenvalue weighted by Gasteiger charge is 2.21. The number of hydrogen-bond donors (Lipinski definition) is 2. The van der Waals surface area contributed by atoms with Gasteiger partial charge in [-0.2, -0.15) is 0 Å². The highest BCUT2D eigenvalue weighted by molar-refractivity contribution is 6.07. The number of aromatic amines is 1. The van der Waals surface area contributed by atoms with E-state index in [9.17, 15) is 4.79 Å². The SMILES string of the molecule is COc1cc(NC(=O)c2ccc3[nH]c4c(c3c2)CC(C)CC4)cc(OC)c1OC. The van der Waals surface area contributed by atoms with E-state index in [0.717, 1.165) is 23.7 Å². The number of ether oxygens (including phenoxy) is 3. The number of amides is 1. The minimum absolute atomic E-state index is 0.181. The van der Waals surface area contributed by atoms with Gasteiger partial charge < -0.3 is 24.5 Å². The first-order valence-electron chi connectivity index (χ1n) is 9.78. The van der Waals surface area contributed by atoms with Gasteiger partial charge >= 0.3 is 0 Å². The van der Waals surface area contributed by atoms with Crippen LogP contribution in [-0.4, -0.2) is 32.2 Å². The number of hydrogen-bond acceptors (Lipinski definition) is 4. The second kappa shape index (κ2) is 7.70. The molecule has 2 N–H and O–H groups in total. The molecule has 1 heterocycles. The third-order valence-corrected chi connectivity index (χ3v) is 5.62. The van der Waals surface area contributed by atoms with E-state index in [1.807, 2.05) is 18.2 Å². The fourth-order valence-corrected chi connectivity index (χ4v) is 4.09. The van der Waals surface area contributed by atoms with Gasteiger partial charge in [-0.05, 0) is 48.9 Å². The van der Waals surface area contributed by atoms with E-state index in [2.05, 4.69) is 17.2 Å². The topological polar surface area (TPSA) is 72.6 Å². The number of rotatable bonds is 5. The summed E-state index contributed by atoms with van der Waals surface area (Å²) in [6.45, 7) is 2.28. The Balaban J connectivity index is 1.65. The van der Waals surface area contributed by atoms with Crippen LogP contribution in [-0.2, 0) is 12.8 Å². The van der Waals surface area contributed by atoms with Crippen LogP contribution in [0, 0.1) is 5.92 Å². The van der Waals surface area contributed by atoms with Gasteiger partial charge in [-0.15, -0.1) is 0 Å². The average Bonchev–Trinajstić information content (AvgIpc) is 3.09. The summed E-state index contributed by atoms with van der Waals surface area (Å²) in [6.07, 6.45) is 3.32. The maximum atomic E-state index is 12.9. The van der Waals surface area contributed by atoms with Crippen LogP contribution in [0.15, 0.2) is 30.3 Å². The molecule has 152 valence electrons. The molecule has 0 saturated carbocycles. The fourth-order valence-electron chi connectivity index (χ4n) is 4.09. The molecule has 6 nitrogen and oxygen atoms in total. The van der Waals surface area contributed by atoms with Crippen LogP contribution >= 0.6 is 0 Å². The number of nitrogens with one attached hydrogen (secondary N) is 2. The van der Waals surface area contributed by atoms with Crippen molar-refractivity contribution in [3.05, 3.63) is 47.2 Å².